The third-order valence-corrected chi connectivity index (χ3v) is 17.7. The molecule has 0 unspecified atom stereocenters. The second-order valence-corrected chi connectivity index (χ2v) is 22.4. The number of halogens is 9. The molecule has 70 heavy (non-hydrogen) atoms. The predicted molar refractivity (Wildman–Crippen MR) is 259 cm³/mol. The van der Waals surface area contributed by atoms with Crippen LogP contribution in [-0.4, -0.2) is 6.61 Å². The van der Waals surface area contributed by atoms with Gasteiger partial charge >= 0.3 is 18.2 Å². The molecule has 6 aliphatic rings. The van der Waals surface area contributed by atoms with E-state index in [0.29, 0.717) is 17.0 Å². The van der Waals surface area contributed by atoms with E-state index < -0.39 is 52.9 Å². The molecule has 12 heteroatoms. The van der Waals surface area contributed by atoms with Crippen molar-refractivity contribution in [3.05, 3.63) is 95.9 Å². The first kappa shape index (κ1) is 55.7. The van der Waals surface area contributed by atoms with Crippen molar-refractivity contribution in [2.24, 2.45) is 59.2 Å². The summed E-state index contributed by atoms with van der Waals surface area (Å²) in [6.45, 7) is 11.6. The Morgan fingerprint density at radius 1 is 0.471 bits per heavy atom. The van der Waals surface area contributed by atoms with Gasteiger partial charge in [0.2, 0.25) is 5.75 Å². The van der Waals surface area contributed by atoms with E-state index in [1.54, 1.807) is 6.26 Å². The van der Waals surface area contributed by atoms with Gasteiger partial charge in [-0.3, -0.25) is 0 Å². The van der Waals surface area contributed by atoms with Crippen molar-refractivity contribution in [3.8, 4) is 11.5 Å². The molecule has 0 aliphatic heterocycles. The monoisotopic (exact) mass is 995 g/mol. The maximum atomic E-state index is 14.1. The Kier molecular flexibility index (Phi) is 21.9. The largest absolute Gasteiger partial charge is 0.502 e. The molecule has 0 aromatic heterocycles. The fourth-order valence-corrected chi connectivity index (χ4v) is 13.2. The van der Waals surface area contributed by atoms with Gasteiger partial charge in [-0.05, 0) is 222 Å². The van der Waals surface area contributed by atoms with Gasteiger partial charge in [0.15, 0.2) is 35.3 Å². The molecule has 6 aliphatic carbocycles. The van der Waals surface area contributed by atoms with Crippen LogP contribution in [0.1, 0.15) is 198 Å². The molecular formula is C58H79F9O3. The second kappa shape index (κ2) is 27.5. The van der Waals surface area contributed by atoms with E-state index in [4.69, 9.17) is 4.74 Å². The first-order valence-corrected chi connectivity index (χ1v) is 26.8. The summed E-state index contributed by atoms with van der Waals surface area (Å²) in [4.78, 5) is 0. The van der Waals surface area contributed by atoms with Crippen LogP contribution in [0.3, 0.4) is 0 Å². The minimum Gasteiger partial charge on any atom is -0.502 e. The number of ether oxygens (including phenoxy) is 3. The fraction of sp³-hybridized carbons (Fsp3) is 0.690. The van der Waals surface area contributed by atoms with Crippen LogP contribution in [0.25, 0.3) is 0 Å². The third kappa shape index (κ3) is 16.5. The van der Waals surface area contributed by atoms with Gasteiger partial charge in [0.05, 0.1) is 12.9 Å². The lowest BCUT2D eigenvalue weighted by atomic mass is 9.68. The zero-order valence-electron chi connectivity index (χ0n) is 41.9. The minimum absolute atomic E-state index is 0.0279. The van der Waals surface area contributed by atoms with Crippen molar-refractivity contribution in [1.82, 2.24) is 0 Å². The number of hydrogen-bond donors (Lipinski definition) is 0. The fourth-order valence-electron chi connectivity index (χ4n) is 13.2. The van der Waals surface area contributed by atoms with E-state index in [2.05, 4.69) is 36.8 Å². The number of hydrogen-bond acceptors (Lipinski definition) is 3. The van der Waals surface area contributed by atoms with E-state index in [9.17, 15) is 39.5 Å². The average molecular weight is 995 g/mol. The Morgan fingerprint density at radius 3 is 1.10 bits per heavy atom. The van der Waals surface area contributed by atoms with Crippen molar-refractivity contribution in [2.75, 3.05) is 6.61 Å². The van der Waals surface area contributed by atoms with Gasteiger partial charge in [-0.2, -0.15) is 22.0 Å². The summed E-state index contributed by atoms with van der Waals surface area (Å²) in [7, 11) is 0. The highest BCUT2D eigenvalue weighted by molar-refractivity contribution is 5.35. The molecule has 0 atom stereocenters. The van der Waals surface area contributed by atoms with Crippen LogP contribution in [0.5, 0.6) is 11.5 Å². The van der Waals surface area contributed by atoms with Gasteiger partial charge in [0.1, 0.15) is 0 Å². The summed E-state index contributed by atoms with van der Waals surface area (Å²) < 4.78 is 131. The average Bonchev–Trinajstić information content (AvgIpc) is 3.35. The summed E-state index contributed by atoms with van der Waals surface area (Å²) >= 11 is 0. The zero-order valence-corrected chi connectivity index (χ0v) is 41.9. The van der Waals surface area contributed by atoms with Crippen LogP contribution in [-0.2, 0) is 4.74 Å². The molecule has 0 bridgehead atoms. The summed E-state index contributed by atoms with van der Waals surface area (Å²) in [6, 6.07) is 2.33. The molecule has 6 fully saturated rings. The molecule has 0 saturated heterocycles. The Bertz CT molecular complexity index is 1920. The van der Waals surface area contributed by atoms with Crippen molar-refractivity contribution < 1.29 is 53.7 Å². The van der Waals surface area contributed by atoms with Crippen LogP contribution in [0, 0.1) is 82.4 Å². The predicted octanol–water partition coefficient (Wildman–Crippen LogP) is 19.4. The smallest absolute Gasteiger partial charge is 0.344 e. The molecule has 3 nitrogen and oxygen atoms in total. The maximum absolute atomic E-state index is 14.1. The minimum atomic E-state index is -2.76. The van der Waals surface area contributed by atoms with E-state index in [1.165, 1.54) is 115 Å². The Labute approximate surface area is 412 Å². The van der Waals surface area contributed by atoms with Gasteiger partial charge in [0.25, 0.3) is 0 Å². The van der Waals surface area contributed by atoms with E-state index in [-0.39, 0.29) is 18.1 Å². The summed E-state index contributed by atoms with van der Waals surface area (Å²) in [5.74, 6) is 2.56. The van der Waals surface area contributed by atoms with Gasteiger partial charge < -0.3 is 14.2 Å². The topological polar surface area (TPSA) is 27.7 Å². The van der Waals surface area contributed by atoms with E-state index >= 15 is 0 Å². The molecule has 0 radical (unpaired) electrons. The third-order valence-electron chi connectivity index (χ3n) is 17.7. The quantitative estimate of drug-likeness (QED) is 0.157. The van der Waals surface area contributed by atoms with E-state index in [1.807, 2.05) is 0 Å². The molecule has 0 spiro atoms. The van der Waals surface area contributed by atoms with Crippen molar-refractivity contribution in [1.29, 1.82) is 0 Å². The summed E-state index contributed by atoms with van der Waals surface area (Å²) in [5, 5.41) is 0. The molecule has 0 amide bonds. The van der Waals surface area contributed by atoms with Gasteiger partial charge in [-0.1, -0.05) is 65.9 Å². The molecule has 2 aromatic rings. The lowest BCUT2D eigenvalue weighted by Gasteiger charge is -2.37. The van der Waals surface area contributed by atoms with Crippen LogP contribution < -0.4 is 9.47 Å². The highest BCUT2D eigenvalue weighted by Crippen LogP contribution is 2.47. The normalized spacial score (nSPS) is 31.3. The summed E-state index contributed by atoms with van der Waals surface area (Å²) in [5.41, 5.74) is 1.09. The molecule has 8 rings (SSSR count). The first-order valence-electron chi connectivity index (χ1n) is 26.8. The lowest BCUT2D eigenvalue weighted by molar-refractivity contribution is 0.111. The second-order valence-electron chi connectivity index (χ2n) is 22.4. The molecule has 2 aromatic carbocycles. The molecule has 392 valence electrons. The highest BCUT2D eigenvalue weighted by atomic mass is 19.3. The molecule has 0 N–H and O–H groups in total. The summed E-state index contributed by atoms with van der Waals surface area (Å²) in [6.07, 6.45) is 26.6. The molecule has 6 saturated carbocycles. The Hall–Kier alpha value is -3.57. The number of benzene rings is 2. The van der Waals surface area contributed by atoms with Gasteiger partial charge in [-0.15, -0.1) is 0 Å². The Morgan fingerprint density at radius 2 is 0.786 bits per heavy atom. The van der Waals surface area contributed by atoms with Crippen LogP contribution in [0.15, 0.2) is 61.5 Å². The molecular weight excluding hydrogens is 916 g/mol. The van der Waals surface area contributed by atoms with Crippen molar-refractivity contribution >= 4 is 0 Å². The van der Waals surface area contributed by atoms with Gasteiger partial charge in [0, 0.05) is 0 Å². The van der Waals surface area contributed by atoms with Crippen molar-refractivity contribution in [3.63, 3.8) is 0 Å². The van der Waals surface area contributed by atoms with Crippen LogP contribution >= 0.6 is 0 Å². The Balaban J connectivity index is 0.000000177. The van der Waals surface area contributed by atoms with E-state index in [0.717, 1.165) is 123 Å². The molecule has 0 heterocycles. The highest BCUT2D eigenvalue weighted by Gasteiger charge is 2.34. The van der Waals surface area contributed by atoms with Crippen molar-refractivity contribution in [2.45, 2.75) is 187 Å². The first-order chi connectivity index (χ1) is 33.6. The number of rotatable bonds is 12. The van der Waals surface area contributed by atoms with Gasteiger partial charge in [-0.25, -0.2) is 17.6 Å². The van der Waals surface area contributed by atoms with Crippen LogP contribution in [0.4, 0.5) is 39.5 Å². The zero-order chi connectivity index (χ0) is 50.3. The standard InChI is InChI=1S/C21H25F5O.C21H26F4O.C16H28O/c1-12-2-4-13(5-3-12)14-6-8-15(9-7-14)16-10-17(22)19(18(23)11-16)27-21(26)20(24)25;1-13-2-4-14(5-3-13)15-6-8-16(9-7-15)17-10-18(22)21(19(23)11-17)26-12-20(24)25;1-3-17-12-14-6-10-16(11-7-14)15-8-4-13(2)5-9-15/h10-15H,2-9H2,1H3;10-16H,2-9H2,1H3;3,13-16H,1,4-12H2,2H3. The van der Waals surface area contributed by atoms with Crippen LogP contribution in [0.2, 0.25) is 0 Å². The SMILES string of the molecule is C=COCC1CCC(C2CCC(C)CC2)CC1.CC1CCC(C2CCC(c3cc(F)c(OC(F)=C(F)F)c(F)c3)CC2)CC1.CC1CCC(C2CCC(c3cc(F)c(OC=C(F)F)c(F)c3)CC2)CC1. The lowest BCUT2D eigenvalue weighted by Crippen LogP contribution is -2.26. The maximum Gasteiger partial charge on any atom is 0.344 e.